The number of rotatable bonds is 9. The zero-order chi connectivity index (χ0) is 23.1. The van der Waals surface area contributed by atoms with Gasteiger partial charge in [0.05, 0.1) is 12.0 Å². The first kappa shape index (κ1) is 22.8. The molecule has 3 aromatic rings. The molecule has 9 heteroatoms. The molecule has 3 rings (SSSR count). The summed E-state index contributed by atoms with van der Waals surface area (Å²) in [4.78, 5) is 23.4. The average Bonchev–Trinajstić information content (AvgIpc) is 2.78. The molecular weight excluding hydrogens is 432 g/mol. The summed E-state index contributed by atoms with van der Waals surface area (Å²) in [5, 5.41) is 2.64. The van der Waals surface area contributed by atoms with E-state index in [0.29, 0.717) is 28.4 Å². The van der Waals surface area contributed by atoms with Gasteiger partial charge in [0.15, 0.2) is 12.4 Å². The van der Waals surface area contributed by atoms with Gasteiger partial charge in [0.1, 0.15) is 11.5 Å². The van der Waals surface area contributed by atoms with Crippen LogP contribution in [0, 0.1) is 0 Å². The Kier molecular flexibility index (Phi) is 7.11. The Morgan fingerprint density at radius 2 is 1.38 bits per heavy atom. The Labute approximate surface area is 186 Å². The number of ketones is 1. The summed E-state index contributed by atoms with van der Waals surface area (Å²) in [6, 6.07) is 18.7. The molecule has 0 heterocycles. The summed E-state index contributed by atoms with van der Waals surface area (Å²) in [5.74, 6) is 0.604. The van der Waals surface area contributed by atoms with Gasteiger partial charge in [0.2, 0.25) is 0 Å². The third kappa shape index (κ3) is 6.08. The zero-order valence-corrected chi connectivity index (χ0v) is 18.3. The van der Waals surface area contributed by atoms with Gasteiger partial charge < -0.3 is 14.8 Å². The number of anilines is 2. The molecule has 0 unspecified atom stereocenters. The van der Waals surface area contributed by atoms with E-state index in [4.69, 9.17) is 9.47 Å². The summed E-state index contributed by atoms with van der Waals surface area (Å²) in [7, 11) is -2.26. The van der Waals surface area contributed by atoms with Crippen molar-refractivity contribution in [3.8, 4) is 11.5 Å². The van der Waals surface area contributed by atoms with Gasteiger partial charge in [-0.3, -0.25) is 14.3 Å². The van der Waals surface area contributed by atoms with E-state index >= 15 is 0 Å². The molecule has 0 radical (unpaired) electrons. The molecule has 0 aromatic heterocycles. The highest BCUT2D eigenvalue weighted by Gasteiger charge is 2.14. The van der Waals surface area contributed by atoms with Gasteiger partial charge in [-0.25, -0.2) is 8.42 Å². The van der Waals surface area contributed by atoms with Gasteiger partial charge in [-0.15, -0.1) is 0 Å². The summed E-state index contributed by atoms with van der Waals surface area (Å²) >= 11 is 0. The minimum atomic E-state index is -3.79. The van der Waals surface area contributed by atoms with E-state index in [1.807, 2.05) is 0 Å². The number of Topliss-reactive ketones (excluding diaryl/α,β-unsaturated/α-hetero) is 1. The van der Waals surface area contributed by atoms with Crippen molar-refractivity contribution in [2.24, 2.45) is 0 Å². The van der Waals surface area contributed by atoms with E-state index in [0.717, 1.165) is 0 Å². The van der Waals surface area contributed by atoms with Gasteiger partial charge in [0.25, 0.3) is 15.9 Å². The molecule has 0 aliphatic rings. The number of ether oxygens (including phenoxy) is 2. The molecule has 0 aliphatic heterocycles. The second-order valence-electron chi connectivity index (χ2n) is 6.78. The second kappa shape index (κ2) is 9.97. The standard InChI is InChI=1S/C23H22N2O6S/c1-16(26)17-3-9-21(10-4-17)31-15-23(27)24-18-7-13-22(14-8-18)32(28,29)25-19-5-11-20(30-2)12-6-19/h3-14,25H,15H2,1-2H3,(H,24,27). The fourth-order valence-electron chi connectivity index (χ4n) is 2.72. The molecule has 166 valence electrons. The number of carbonyl (C=O) groups excluding carboxylic acids is 2. The number of methoxy groups -OCH3 is 1. The predicted octanol–water partition coefficient (Wildman–Crippen LogP) is 3.72. The van der Waals surface area contributed by atoms with Gasteiger partial charge >= 0.3 is 0 Å². The van der Waals surface area contributed by atoms with E-state index in [9.17, 15) is 18.0 Å². The van der Waals surface area contributed by atoms with Crippen molar-refractivity contribution in [1.29, 1.82) is 0 Å². The lowest BCUT2D eigenvalue weighted by atomic mass is 10.1. The molecule has 0 spiro atoms. The Bertz CT molecular complexity index is 1190. The fourth-order valence-corrected chi connectivity index (χ4v) is 3.78. The first-order valence-electron chi connectivity index (χ1n) is 9.57. The number of hydrogen-bond donors (Lipinski definition) is 2. The second-order valence-corrected chi connectivity index (χ2v) is 8.46. The molecule has 2 N–H and O–H groups in total. The summed E-state index contributed by atoms with van der Waals surface area (Å²) in [6.07, 6.45) is 0. The highest BCUT2D eigenvalue weighted by atomic mass is 32.2. The van der Waals surface area contributed by atoms with Crippen LogP contribution in [0.25, 0.3) is 0 Å². The van der Waals surface area contributed by atoms with Crippen LogP contribution in [0.15, 0.2) is 77.7 Å². The molecule has 0 bridgehead atoms. The van der Waals surface area contributed by atoms with Gasteiger partial charge in [-0.2, -0.15) is 0 Å². The van der Waals surface area contributed by atoms with E-state index in [-0.39, 0.29) is 17.3 Å². The number of hydrogen-bond acceptors (Lipinski definition) is 6. The van der Waals surface area contributed by atoms with E-state index in [1.165, 1.54) is 38.3 Å². The van der Waals surface area contributed by atoms with Crippen molar-refractivity contribution in [3.63, 3.8) is 0 Å². The zero-order valence-electron chi connectivity index (χ0n) is 17.5. The van der Waals surface area contributed by atoms with Crippen molar-refractivity contribution >= 4 is 33.1 Å². The Morgan fingerprint density at radius 1 is 0.812 bits per heavy atom. The Balaban J connectivity index is 1.55. The monoisotopic (exact) mass is 454 g/mol. The number of nitrogens with one attached hydrogen (secondary N) is 2. The van der Waals surface area contributed by atoms with Crippen LogP contribution in [0.3, 0.4) is 0 Å². The molecule has 3 aromatic carbocycles. The lowest BCUT2D eigenvalue weighted by molar-refractivity contribution is -0.118. The average molecular weight is 455 g/mol. The Hall–Kier alpha value is -3.85. The van der Waals surface area contributed by atoms with Crippen LogP contribution in [-0.2, 0) is 14.8 Å². The van der Waals surface area contributed by atoms with Crippen molar-refractivity contribution in [2.75, 3.05) is 23.8 Å². The maximum Gasteiger partial charge on any atom is 0.262 e. The molecule has 0 saturated carbocycles. The van der Waals surface area contributed by atoms with Crippen LogP contribution in [0.1, 0.15) is 17.3 Å². The first-order chi connectivity index (χ1) is 15.3. The quantitative estimate of drug-likeness (QED) is 0.477. The number of sulfonamides is 1. The van der Waals surface area contributed by atoms with Crippen LogP contribution in [0.2, 0.25) is 0 Å². The summed E-state index contributed by atoms with van der Waals surface area (Å²) < 4.78 is 38.0. The summed E-state index contributed by atoms with van der Waals surface area (Å²) in [6.45, 7) is 1.23. The minimum Gasteiger partial charge on any atom is -0.497 e. The number of carbonyl (C=O) groups is 2. The van der Waals surface area contributed by atoms with Crippen molar-refractivity contribution in [1.82, 2.24) is 0 Å². The van der Waals surface area contributed by atoms with Crippen LogP contribution >= 0.6 is 0 Å². The van der Waals surface area contributed by atoms with Crippen LogP contribution in [-0.4, -0.2) is 33.8 Å². The molecule has 1 amide bonds. The Morgan fingerprint density at radius 3 is 1.94 bits per heavy atom. The van der Waals surface area contributed by atoms with Gasteiger partial charge in [-0.1, -0.05) is 0 Å². The molecule has 0 saturated heterocycles. The molecular formula is C23H22N2O6S. The smallest absolute Gasteiger partial charge is 0.262 e. The lowest BCUT2D eigenvalue weighted by Crippen LogP contribution is -2.20. The third-order valence-corrected chi connectivity index (χ3v) is 5.82. The number of amides is 1. The van der Waals surface area contributed by atoms with Crippen LogP contribution in [0.4, 0.5) is 11.4 Å². The van der Waals surface area contributed by atoms with Crippen molar-refractivity contribution in [3.05, 3.63) is 78.4 Å². The largest absolute Gasteiger partial charge is 0.497 e. The highest BCUT2D eigenvalue weighted by molar-refractivity contribution is 7.92. The fraction of sp³-hybridized carbons (Fsp3) is 0.130. The van der Waals surface area contributed by atoms with E-state index < -0.39 is 15.9 Å². The van der Waals surface area contributed by atoms with Crippen LogP contribution in [0.5, 0.6) is 11.5 Å². The van der Waals surface area contributed by atoms with Crippen LogP contribution < -0.4 is 19.5 Å². The minimum absolute atomic E-state index is 0.0492. The normalized spacial score (nSPS) is 10.8. The molecule has 0 fully saturated rings. The molecule has 0 aliphatic carbocycles. The van der Waals surface area contributed by atoms with E-state index in [2.05, 4.69) is 10.0 Å². The van der Waals surface area contributed by atoms with Crippen molar-refractivity contribution < 1.29 is 27.5 Å². The maximum atomic E-state index is 12.5. The van der Waals surface area contributed by atoms with Gasteiger partial charge in [0, 0.05) is 16.9 Å². The molecule has 8 nitrogen and oxygen atoms in total. The van der Waals surface area contributed by atoms with Crippen molar-refractivity contribution in [2.45, 2.75) is 11.8 Å². The molecule has 0 atom stereocenters. The SMILES string of the molecule is COc1ccc(NS(=O)(=O)c2ccc(NC(=O)COc3ccc(C(C)=O)cc3)cc2)cc1. The van der Waals surface area contributed by atoms with Gasteiger partial charge in [-0.05, 0) is 79.7 Å². The third-order valence-electron chi connectivity index (χ3n) is 4.42. The summed E-state index contributed by atoms with van der Waals surface area (Å²) in [5.41, 5.74) is 1.38. The predicted molar refractivity (Wildman–Crippen MR) is 121 cm³/mol. The number of benzene rings is 3. The highest BCUT2D eigenvalue weighted by Crippen LogP contribution is 2.20. The molecule has 32 heavy (non-hydrogen) atoms. The lowest BCUT2D eigenvalue weighted by Gasteiger charge is -2.10. The van der Waals surface area contributed by atoms with E-state index in [1.54, 1.807) is 48.5 Å². The topological polar surface area (TPSA) is 111 Å². The first-order valence-corrected chi connectivity index (χ1v) is 11.1. The maximum absolute atomic E-state index is 12.5.